The fraction of sp³-hybridized carbons (Fsp3) is 0.333. The van der Waals surface area contributed by atoms with Crippen LogP contribution in [0.25, 0.3) is 0 Å². The number of carbonyl (C=O) groups is 1. The second-order valence-electron chi connectivity index (χ2n) is 2.64. The number of hydrogen-bond donors (Lipinski definition) is 3. The molecule has 74 valence electrons. The molecule has 4 N–H and O–H groups in total. The van der Waals surface area contributed by atoms with Gasteiger partial charge in [0.2, 0.25) is 0 Å². The van der Waals surface area contributed by atoms with Crippen LogP contribution in [0.2, 0.25) is 0 Å². The quantitative estimate of drug-likeness (QED) is 0.470. The van der Waals surface area contributed by atoms with E-state index in [9.17, 15) is 4.79 Å². The average Bonchev–Trinajstić information content (AvgIpc) is 2.59. The van der Waals surface area contributed by atoms with Gasteiger partial charge in [0.05, 0.1) is 0 Å². The molecule has 0 aliphatic heterocycles. The summed E-state index contributed by atoms with van der Waals surface area (Å²) >= 11 is 0. The molecule has 0 atom stereocenters. The average molecular weight is 192 g/mol. The summed E-state index contributed by atoms with van der Waals surface area (Å²) in [5.74, 6) is 5.68. The molecule has 5 heteroatoms. The molecule has 0 fully saturated rings. The molecule has 1 heterocycles. The van der Waals surface area contributed by atoms with Crippen molar-refractivity contribution in [3.63, 3.8) is 0 Å². The molecule has 0 aliphatic rings. The Morgan fingerprint density at radius 1 is 1.79 bits per heavy atom. The molecule has 1 amide bonds. The van der Waals surface area contributed by atoms with E-state index in [1.807, 2.05) is 0 Å². The van der Waals surface area contributed by atoms with E-state index in [-0.39, 0.29) is 5.91 Å². The van der Waals surface area contributed by atoms with Crippen molar-refractivity contribution >= 4 is 11.7 Å². The van der Waals surface area contributed by atoms with Crippen molar-refractivity contribution in [1.82, 2.24) is 15.5 Å². The highest BCUT2D eigenvalue weighted by atomic mass is 16.1. The van der Waals surface area contributed by atoms with E-state index < -0.39 is 0 Å². The number of anilines is 1. The lowest BCUT2D eigenvalue weighted by molar-refractivity contribution is 0.0949. The minimum Gasteiger partial charge on any atom is -0.382 e. The van der Waals surface area contributed by atoms with Gasteiger partial charge in [-0.05, 0) is 6.92 Å². The normalized spacial score (nSPS) is 8.93. The van der Waals surface area contributed by atoms with Crippen LogP contribution in [0, 0.1) is 11.8 Å². The number of amides is 1. The number of nitrogen functional groups attached to an aromatic ring is 1. The second-order valence-corrected chi connectivity index (χ2v) is 2.64. The monoisotopic (exact) mass is 192 g/mol. The highest BCUT2D eigenvalue weighted by Crippen LogP contribution is 1.99. The Bertz CT molecular complexity index is 372. The van der Waals surface area contributed by atoms with E-state index in [2.05, 4.69) is 27.4 Å². The summed E-state index contributed by atoms with van der Waals surface area (Å²) in [5.41, 5.74) is 5.72. The number of aromatic amines is 1. The predicted molar refractivity (Wildman–Crippen MR) is 53.4 cm³/mol. The van der Waals surface area contributed by atoms with E-state index in [1.54, 1.807) is 6.92 Å². The maximum Gasteiger partial charge on any atom is 0.269 e. The van der Waals surface area contributed by atoms with E-state index in [4.69, 9.17) is 5.73 Å². The van der Waals surface area contributed by atoms with Gasteiger partial charge in [-0.3, -0.25) is 9.89 Å². The molecule has 0 bridgehead atoms. The van der Waals surface area contributed by atoms with E-state index in [1.165, 1.54) is 6.07 Å². The lowest BCUT2D eigenvalue weighted by Crippen LogP contribution is -2.24. The summed E-state index contributed by atoms with van der Waals surface area (Å²) in [5, 5.41) is 8.85. The van der Waals surface area contributed by atoms with Crippen molar-refractivity contribution in [2.45, 2.75) is 13.3 Å². The number of rotatable bonds is 3. The lowest BCUT2D eigenvalue weighted by atomic mass is 10.3. The summed E-state index contributed by atoms with van der Waals surface area (Å²) in [6.07, 6.45) is 0.645. The smallest absolute Gasteiger partial charge is 0.269 e. The third-order valence-electron chi connectivity index (χ3n) is 1.55. The Hall–Kier alpha value is -1.96. The Kier molecular flexibility index (Phi) is 3.56. The van der Waals surface area contributed by atoms with Gasteiger partial charge in [0.1, 0.15) is 11.5 Å². The Balaban J connectivity index is 2.38. The summed E-state index contributed by atoms with van der Waals surface area (Å²) in [7, 11) is 0. The second kappa shape index (κ2) is 4.92. The van der Waals surface area contributed by atoms with Gasteiger partial charge in [-0.25, -0.2) is 0 Å². The van der Waals surface area contributed by atoms with Crippen molar-refractivity contribution in [2.24, 2.45) is 0 Å². The molecule has 0 aliphatic carbocycles. The van der Waals surface area contributed by atoms with Crippen LogP contribution in [0.1, 0.15) is 23.8 Å². The fourth-order valence-electron chi connectivity index (χ4n) is 0.912. The number of nitrogens with two attached hydrogens (primary N) is 1. The number of carbonyl (C=O) groups excluding carboxylic acids is 1. The predicted octanol–water partition coefficient (Wildman–Crippen LogP) is 0.135. The SMILES string of the molecule is CC#CCCNC(=O)c1cc(N)n[nH]1. The highest BCUT2D eigenvalue weighted by Gasteiger charge is 2.06. The highest BCUT2D eigenvalue weighted by molar-refractivity contribution is 5.92. The van der Waals surface area contributed by atoms with Gasteiger partial charge in [0.25, 0.3) is 5.91 Å². The summed E-state index contributed by atoms with van der Waals surface area (Å²) in [4.78, 5) is 11.3. The van der Waals surface area contributed by atoms with Crippen LogP contribution >= 0.6 is 0 Å². The molecule has 14 heavy (non-hydrogen) atoms. The molecule has 0 saturated heterocycles. The third kappa shape index (κ3) is 2.83. The van der Waals surface area contributed by atoms with Gasteiger partial charge in [-0.2, -0.15) is 5.10 Å². The molecule has 0 saturated carbocycles. The fourth-order valence-corrected chi connectivity index (χ4v) is 0.912. The van der Waals surface area contributed by atoms with Crippen molar-refractivity contribution < 1.29 is 4.79 Å². The van der Waals surface area contributed by atoms with E-state index >= 15 is 0 Å². The number of aromatic nitrogens is 2. The van der Waals surface area contributed by atoms with Gasteiger partial charge < -0.3 is 11.1 Å². The third-order valence-corrected chi connectivity index (χ3v) is 1.55. The molecule has 0 unspecified atom stereocenters. The van der Waals surface area contributed by atoms with Crippen molar-refractivity contribution in [3.8, 4) is 11.8 Å². The number of H-pyrrole nitrogens is 1. The first-order chi connectivity index (χ1) is 6.74. The van der Waals surface area contributed by atoms with Crippen molar-refractivity contribution in [3.05, 3.63) is 11.8 Å². The molecule has 1 rings (SSSR count). The van der Waals surface area contributed by atoms with Gasteiger partial charge in [-0.15, -0.1) is 11.8 Å². The first-order valence-electron chi connectivity index (χ1n) is 4.22. The molecule has 1 aromatic rings. The molecule has 0 aromatic carbocycles. The van der Waals surface area contributed by atoms with Gasteiger partial charge in [-0.1, -0.05) is 0 Å². The summed E-state index contributed by atoms with van der Waals surface area (Å²) in [6, 6.07) is 1.49. The van der Waals surface area contributed by atoms with Crippen LogP contribution in [0.3, 0.4) is 0 Å². The zero-order valence-electron chi connectivity index (χ0n) is 7.92. The van der Waals surface area contributed by atoms with Crippen LogP contribution < -0.4 is 11.1 Å². The molecule has 0 spiro atoms. The summed E-state index contributed by atoms with van der Waals surface area (Å²) in [6.45, 7) is 2.29. The van der Waals surface area contributed by atoms with Gasteiger partial charge >= 0.3 is 0 Å². The van der Waals surface area contributed by atoms with Crippen LogP contribution in [-0.2, 0) is 0 Å². The minimum atomic E-state index is -0.216. The van der Waals surface area contributed by atoms with Crippen LogP contribution in [0.5, 0.6) is 0 Å². The lowest BCUT2D eigenvalue weighted by Gasteiger charge is -1.98. The maximum absolute atomic E-state index is 11.3. The summed E-state index contributed by atoms with van der Waals surface area (Å²) < 4.78 is 0. The van der Waals surface area contributed by atoms with Crippen molar-refractivity contribution in [1.29, 1.82) is 0 Å². The number of hydrogen-bond acceptors (Lipinski definition) is 3. The van der Waals surface area contributed by atoms with Crippen LogP contribution in [0.4, 0.5) is 5.82 Å². The first-order valence-corrected chi connectivity index (χ1v) is 4.22. The Morgan fingerprint density at radius 3 is 3.14 bits per heavy atom. The molecule has 1 aromatic heterocycles. The first kappa shape index (κ1) is 10.1. The zero-order chi connectivity index (χ0) is 10.4. The molecule has 5 nitrogen and oxygen atoms in total. The topological polar surface area (TPSA) is 83.8 Å². The number of nitrogens with one attached hydrogen (secondary N) is 2. The Morgan fingerprint density at radius 2 is 2.57 bits per heavy atom. The maximum atomic E-state index is 11.3. The zero-order valence-corrected chi connectivity index (χ0v) is 7.92. The van der Waals surface area contributed by atoms with E-state index in [0.29, 0.717) is 24.5 Å². The largest absolute Gasteiger partial charge is 0.382 e. The van der Waals surface area contributed by atoms with Crippen LogP contribution in [-0.4, -0.2) is 22.6 Å². The molecular formula is C9H12N4O. The van der Waals surface area contributed by atoms with Crippen LogP contribution in [0.15, 0.2) is 6.07 Å². The minimum absolute atomic E-state index is 0.216. The van der Waals surface area contributed by atoms with Gasteiger partial charge in [0, 0.05) is 19.0 Å². The molecular weight excluding hydrogens is 180 g/mol. The molecule has 0 radical (unpaired) electrons. The standard InChI is InChI=1S/C9H12N4O/c1-2-3-4-5-11-9(14)7-6-8(10)13-12-7/h6H,4-5H2,1H3,(H,11,14)(H3,10,12,13). The van der Waals surface area contributed by atoms with Gasteiger partial charge in [0.15, 0.2) is 0 Å². The number of nitrogens with zero attached hydrogens (tertiary/aromatic N) is 1. The van der Waals surface area contributed by atoms with E-state index in [0.717, 1.165) is 0 Å². The van der Waals surface area contributed by atoms with Crippen molar-refractivity contribution in [2.75, 3.05) is 12.3 Å². The Labute approximate surface area is 82.1 Å².